The molecule has 3 rings (SSSR count). The summed E-state index contributed by atoms with van der Waals surface area (Å²) in [5, 5.41) is 10.8. The van der Waals surface area contributed by atoms with E-state index in [2.05, 4.69) is 41.6 Å². The maximum atomic E-state index is 6.19. The third-order valence-corrected chi connectivity index (χ3v) is 6.41. The number of nitrogens with zero attached hydrogens (tertiary/aromatic N) is 3. The first-order valence-corrected chi connectivity index (χ1v) is 10.9. The van der Waals surface area contributed by atoms with Crippen LogP contribution in [0.25, 0.3) is 0 Å². The Morgan fingerprint density at radius 1 is 1.11 bits per heavy atom. The van der Waals surface area contributed by atoms with Gasteiger partial charge in [-0.15, -0.1) is 10.2 Å². The van der Waals surface area contributed by atoms with Crippen LogP contribution in [0.4, 0.5) is 0 Å². The lowest BCUT2D eigenvalue weighted by Crippen LogP contribution is -2.12. The standard InChI is InChI=1S/C21H23Cl2N3OS/c1-5-26-20(15(4)27-19-8-6-7-13(2)14(19)3)24-25-21(26)28-12-16-9-10-17(22)18(23)11-16/h6-11,15H,5,12H2,1-4H3. The van der Waals surface area contributed by atoms with Gasteiger partial charge in [0.1, 0.15) is 5.75 Å². The van der Waals surface area contributed by atoms with Gasteiger partial charge in [-0.3, -0.25) is 0 Å². The fourth-order valence-corrected chi connectivity index (χ4v) is 4.15. The van der Waals surface area contributed by atoms with Crippen LogP contribution in [0.15, 0.2) is 41.6 Å². The second-order valence-electron chi connectivity index (χ2n) is 6.58. The fourth-order valence-electron chi connectivity index (χ4n) is 2.88. The predicted octanol–water partition coefficient (Wildman–Crippen LogP) is 6.65. The molecule has 0 aliphatic heterocycles. The topological polar surface area (TPSA) is 39.9 Å². The van der Waals surface area contributed by atoms with E-state index in [0.717, 1.165) is 40.2 Å². The molecule has 1 aromatic heterocycles. The minimum Gasteiger partial charge on any atom is -0.482 e. The van der Waals surface area contributed by atoms with E-state index in [9.17, 15) is 0 Å². The summed E-state index contributed by atoms with van der Waals surface area (Å²) in [6.07, 6.45) is -0.202. The van der Waals surface area contributed by atoms with Gasteiger partial charge in [-0.05, 0) is 62.6 Å². The largest absolute Gasteiger partial charge is 0.482 e. The number of thioether (sulfide) groups is 1. The number of ether oxygens (including phenoxy) is 1. The van der Waals surface area contributed by atoms with E-state index in [1.807, 2.05) is 37.3 Å². The van der Waals surface area contributed by atoms with Crippen LogP contribution < -0.4 is 4.74 Å². The molecule has 0 fully saturated rings. The normalized spacial score (nSPS) is 12.2. The maximum absolute atomic E-state index is 6.19. The molecule has 4 nitrogen and oxygen atoms in total. The highest BCUT2D eigenvalue weighted by molar-refractivity contribution is 7.98. The van der Waals surface area contributed by atoms with Crippen LogP contribution in [0.2, 0.25) is 10.0 Å². The van der Waals surface area contributed by atoms with Gasteiger partial charge in [0.05, 0.1) is 10.0 Å². The molecule has 0 bridgehead atoms. The van der Waals surface area contributed by atoms with E-state index < -0.39 is 0 Å². The third-order valence-electron chi connectivity index (χ3n) is 4.64. The highest BCUT2D eigenvalue weighted by atomic mass is 35.5. The zero-order chi connectivity index (χ0) is 20.3. The van der Waals surface area contributed by atoms with Crippen molar-refractivity contribution in [2.45, 2.75) is 51.3 Å². The number of halogens is 2. The zero-order valence-corrected chi connectivity index (χ0v) is 18.7. The Morgan fingerprint density at radius 3 is 2.61 bits per heavy atom. The summed E-state index contributed by atoms with van der Waals surface area (Å²) in [4.78, 5) is 0. The molecule has 0 saturated carbocycles. The highest BCUT2D eigenvalue weighted by Crippen LogP contribution is 2.30. The first kappa shape index (κ1) is 21.0. The van der Waals surface area contributed by atoms with Crippen molar-refractivity contribution in [3.8, 4) is 5.75 Å². The smallest absolute Gasteiger partial charge is 0.191 e. The SMILES string of the molecule is CCn1c(SCc2ccc(Cl)c(Cl)c2)nnc1C(C)Oc1cccc(C)c1C. The van der Waals surface area contributed by atoms with Crippen LogP contribution in [0.5, 0.6) is 5.75 Å². The number of aromatic nitrogens is 3. The molecule has 148 valence electrons. The Morgan fingerprint density at radius 2 is 1.89 bits per heavy atom. The molecule has 0 N–H and O–H groups in total. The van der Waals surface area contributed by atoms with Crippen molar-refractivity contribution in [2.24, 2.45) is 0 Å². The van der Waals surface area contributed by atoms with Gasteiger partial charge < -0.3 is 9.30 Å². The summed E-state index contributed by atoms with van der Waals surface area (Å²) in [7, 11) is 0. The third kappa shape index (κ3) is 4.65. The summed E-state index contributed by atoms with van der Waals surface area (Å²) < 4.78 is 8.29. The molecule has 0 spiro atoms. The summed E-state index contributed by atoms with van der Waals surface area (Å²) in [6.45, 7) is 9.01. The van der Waals surface area contributed by atoms with Crippen molar-refractivity contribution in [3.05, 3.63) is 69.0 Å². The Kier molecular flexibility index (Phi) is 6.91. The lowest BCUT2D eigenvalue weighted by Gasteiger charge is -2.17. The summed E-state index contributed by atoms with van der Waals surface area (Å²) in [6, 6.07) is 11.8. The molecule has 0 saturated heterocycles. The molecule has 0 aliphatic carbocycles. The Labute approximate surface area is 180 Å². The van der Waals surface area contributed by atoms with Gasteiger partial charge in [-0.1, -0.05) is 53.2 Å². The zero-order valence-electron chi connectivity index (χ0n) is 16.4. The molecular formula is C21H23Cl2N3OS. The van der Waals surface area contributed by atoms with Gasteiger partial charge in [0, 0.05) is 12.3 Å². The molecule has 0 amide bonds. The molecule has 0 aliphatic rings. The van der Waals surface area contributed by atoms with Gasteiger partial charge in [-0.25, -0.2) is 0 Å². The molecule has 2 aromatic carbocycles. The van der Waals surface area contributed by atoms with E-state index in [0.29, 0.717) is 10.0 Å². The van der Waals surface area contributed by atoms with Crippen molar-refractivity contribution in [2.75, 3.05) is 0 Å². The molecule has 1 heterocycles. The van der Waals surface area contributed by atoms with E-state index in [1.54, 1.807) is 11.8 Å². The minimum absolute atomic E-state index is 0.202. The fraction of sp³-hybridized carbons (Fsp3) is 0.333. The number of aryl methyl sites for hydroxylation is 1. The van der Waals surface area contributed by atoms with Crippen LogP contribution in [0, 0.1) is 13.8 Å². The minimum atomic E-state index is -0.202. The van der Waals surface area contributed by atoms with Gasteiger partial charge in [-0.2, -0.15) is 0 Å². The monoisotopic (exact) mass is 435 g/mol. The van der Waals surface area contributed by atoms with E-state index in [-0.39, 0.29) is 6.10 Å². The Hall–Kier alpha value is -1.69. The predicted molar refractivity (Wildman–Crippen MR) is 117 cm³/mol. The van der Waals surface area contributed by atoms with Gasteiger partial charge >= 0.3 is 0 Å². The summed E-state index contributed by atoms with van der Waals surface area (Å²) >= 11 is 13.7. The second kappa shape index (κ2) is 9.21. The Bertz CT molecular complexity index is 974. The van der Waals surface area contributed by atoms with Gasteiger partial charge in [0.15, 0.2) is 17.1 Å². The van der Waals surface area contributed by atoms with Crippen LogP contribution in [0.3, 0.4) is 0 Å². The molecule has 3 aromatic rings. The lowest BCUT2D eigenvalue weighted by molar-refractivity contribution is 0.208. The quantitative estimate of drug-likeness (QED) is 0.389. The number of hydrogen-bond donors (Lipinski definition) is 0. The maximum Gasteiger partial charge on any atom is 0.191 e. The average Bonchev–Trinajstić information content (AvgIpc) is 3.09. The molecule has 1 atom stereocenters. The first-order valence-electron chi connectivity index (χ1n) is 9.13. The summed E-state index contributed by atoms with van der Waals surface area (Å²) in [5.41, 5.74) is 3.44. The average molecular weight is 436 g/mol. The van der Waals surface area contributed by atoms with Crippen molar-refractivity contribution in [3.63, 3.8) is 0 Å². The number of hydrogen-bond acceptors (Lipinski definition) is 4. The number of benzene rings is 2. The van der Waals surface area contributed by atoms with Crippen molar-refractivity contribution >= 4 is 35.0 Å². The van der Waals surface area contributed by atoms with Crippen LogP contribution in [-0.4, -0.2) is 14.8 Å². The molecule has 7 heteroatoms. The van der Waals surface area contributed by atoms with Crippen molar-refractivity contribution < 1.29 is 4.74 Å². The lowest BCUT2D eigenvalue weighted by atomic mass is 10.1. The highest BCUT2D eigenvalue weighted by Gasteiger charge is 2.19. The van der Waals surface area contributed by atoms with E-state index in [4.69, 9.17) is 27.9 Å². The second-order valence-corrected chi connectivity index (χ2v) is 8.34. The van der Waals surface area contributed by atoms with Crippen LogP contribution in [-0.2, 0) is 12.3 Å². The number of rotatable bonds is 7. The first-order chi connectivity index (χ1) is 13.4. The van der Waals surface area contributed by atoms with Gasteiger partial charge in [0.2, 0.25) is 0 Å². The molecule has 28 heavy (non-hydrogen) atoms. The van der Waals surface area contributed by atoms with Crippen LogP contribution >= 0.6 is 35.0 Å². The Balaban J connectivity index is 1.75. The van der Waals surface area contributed by atoms with E-state index in [1.165, 1.54) is 5.56 Å². The van der Waals surface area contributed by atoms with Crippen LogP contribution in [0.1, 0.15) is 42.5 Å². The molecule has 0 radical (unpaired) electrons. The van der Waals surface area contributed by atoms with Crippen molar-refractivity contribution in [1.29, 1.82) is 0 Å². The van der Waals surface area contributed by atoms with E-state index >= 15 is 0 Å². The van der Waals surface area contributed by atoms with Gasteiger partial charge in [0.25, 0.3) is 0 Å². The molecular weight excluding hydrogens is 413 g/mol. The van der Waals surface area contributed by atoms with Crippen molar-refractivity contribution in [1.82, 2.24) is 14.8 Å². The summed E-state index contributed by atoms with van der Waals surface area (Å²) in [5.74, 6) is 2.43. The molecule has 1 unspecified atom stereocenters.